The van der Waals surface area contributed by atoms with Crippen LogP contribution in [0, 0.1) is 0 Å². The van der Waals surface area contributed by atoms with Gasteiger partial charge in [-0.15, -0.1) is 10.2 Å². The first-order valence-corrected chi connectivity index (χ1v) is 4.50. The largest absolute Gasteiger partial charge is 0.265 e. The van der Waals surface area contributed by atoms with E-state index < -0.39 is 0 Å². The van der Waals surface area contributed by atoms with E-state index in [1.807, 2.05) is 0 Å². The van der Waals surface area contributed by atoms with E-state index in [-0.39, 0.29) is 0 Å². The van der Waals surface area contributed by atoms with Crippen LogP contribution in [0.2, 0.25) is 0 Å². The fourth-order valence-corrected chi connectivity index (χ4v) is 1.35. The van der Waals surface area contributed by atoms with Crippen molar-refractivity contribution in [1.82, 2.24) is 40.8 Å². The van der Waals surface area contributed by atoms with E-state index in [1.165, 1.54) is 0 Å². The van der Waals surface area contributed by atoms with E-state index in [4.69, 9.17) is 0 Å². The highest BCUT2D eigenvalue weighted by atomic mass is 15.3. The van der Waals surface area contributed by atoms with E-state index in [2.05, 4.69) is 40.8 Å². The molecule has 0 aliphatic carbocycles. The number of hydrogen-bond donors (Lipinski definition) is 2. The van der Waals surface area contributed by atoms with Crippen LogP contribution < -0.4 is 0 Å². The highest BCUT2D eigenvalue weighted by Crippen LogP contribution is 2.23. The van der Waals surface area contributed by atoms with E-state index in [0.717, 1.165) is 0 Å². The molecule has 0 radical (unpaired) electrons. The van der Waals surface area contributed by atoms with Crippen molar-refractivity contribution in [3.63, 3.8) is 0 Å². The van der Waals surface area contributed by atoms with Gasteiger partial charge in [-0.25, -0.2) is 0 Å². The van der Waals surface area contributed by atoms with Gasteiger partial charge in [0.2, 0.25) is 0 Å². The zero-order valence-corrected chi connectivity index (χ0v) is 7.99. The Morgan fingerprint density at radius 3 is 1.62 bits per heavy atom. The summed E-state index contributed by atoms with van der Waals surface area (Å²) in [6.45, 7) is 0. The fourth-order valence-electron chi connectivity index (χ4n) is 1.35. The van der Waals surface area contributed by atoms with Crippen LogP contribution >= 0.6 is 0 Å². The number of rotatable bonds is 2. The predicted molar refractivity (Wildman–Crippen MR) is 52.8 cm³/mol. The Hall–Kier alpha value is -2.64. The Kier molecular flexibility index (Phi) is 1.89. The predicted octanol–water partition coefficient (Wildman–Crippen LogP) is 0.0468. The molecular weight excluding hydrogens is 208 g/mol. The molecule has 16 heavy (non-hydrogen) atoms. The molecule has 3 aromatic heterocycles. The molecule has 3 heterocycles. The molecule has 78 valence electrons. The van der Waals surface area contributed by atoms with Crippen molar-refractivity contribution in [2.45, 2.75) is 0 Å². The molecule has 8 nitrogen and oxygen atoms in total. The lowest BCUT2D eigenvalue weighted by Crippen LogP contribution is -1.92. The van der Waals surface area contributed by atoms with Crippen LogP contribution in [0.25, 0.3) is 22.8 Å². The molecule has 0 bridgehead atoms. The van der Waals surface area contributed by atoms with Gasteiger partial charge in [-0.2, -0.15) is 0 Å². The third-order valence-electron chi connectivity index (χ3n) is 2.02. The van der Waals surface area contributed by atoms with Gasteiger partial charge < -0.3 is 0 Å². The van der Waals surface area contributed by atoms with Crippen molar-refractivity contribution < 1.29 is 0 Å². The van der Waals surface area contributed by atoms with Crippen molar-refractivity contribution in [3.05, 3.63) is 24.8 Å². The molecule has 0 fully saturated rings. The summed E-state index contributed by atoms with van der Waals surface area (Å²) in [6, 6.07) is 0. The molecule has 0 amide bonds. The van der Waals surface area contributed by atoms with E-state index in [9.17, 15) is 0 Å². The molecular formula is C8H6N8. The highest BCUT2D eigenvalue weighted by molar-refractivity contribution is 5.72. The molecule has 0 unspecified atom stereocenters. The van der Waals surface area contributed by atoms with Crippen LogP contribution in [0.15, 0.2) is 24.8 Å². The second-order valence-electron chi connectivity index (χ2n) is 2.97. The maximum atomic E-state index is 4.21. The van der Waals surface area contributed by atoms with Crippen LogP contribution in [-0.4, -0.2) is 40.8 Å². The quantitative estimate of drug-likeness (QED) is 0.623. The van der Waals surface area contributed by atoms with Crippen molar-refractivity contribution in [2.24, 2.45) is 0 Å². The number of nitrogens with one attached hydrogen (secondary N) is 2. The van der Waals surface area contributed by atoms with Gasteiger partial charge in [0, 0.05) is 12.4 Å². The lowest BCUT2D eigenvalue weighted by Gasteiger charge is -1.99. The molecule has 0 aliphatic heterocycles. The first kappa shape index (κ1) is 8.65. The minimum atomic E-state index is 0.616. The lowest BCUT2D eigenvalue weighted by atomic mass is 10.2. The van der Waals surface area contributed by atoms with Crippen LogP contribution in [0.4, 0.5) is 0 Å². The van der Waals surface area contributed by atoms with E-state index in [1.54, 1.807) is 24.8 Å². The average Bonchev–Trinajstić information content (AvgIpc) is 3.03. The first-order valence-electron chi connectivity index (χ1n) is 4.50. The Morgan fingerprint density at radius 1 is 0.750 bits per heavy atom. The second-order valence-corrected chi connectivity index (χ2v) is 2.97. The summed E-state index contributed by atoms with van der Waals surface area (Å²) in [4.78, 5) is 8.42. The van der Waals surface area contributed by atoms with Crippen LogP contribution in [0.5, 0.6) is 0 Å². The van der Waals surface area contributed by atoms with Gasteiger partial charge in [0.1, 0.15) is 22.8 Å². The standard InChI is InChI=1S/C8H6N8/c1-2-10-8(6-4-12-16-14-6)7(9-1)5-3-11-15-13-5/h1-4H,(H,11,13,15)(H,12,14,16). The Labute approximate surface area is 89.2 Å². The Balaban J connectivity index is 2.19. The summed E-state index contributed by atoms with van der Waals surface area (Å²) in [5.41, 5.74) is 2.47. The molecule has 3 rings (SSSR count). The Bertz CT molecular complexity index is 517. The molecule has 0 spiro atoms. The molecule has 0 saturated heterocycles. The van der Waals surface area contributed by atoms with Gasteiger partial charge in [-0.05, 0) is 0 Å². The van der Waals surface area contributed by atoms with Crippen LogP contribution in [0.3, 0.4) is 0 Å². The first-order chi connectivity index (χ1) is 7.95. The summed E-state index contributed by atoms with van der Waals surface area (Å²) < 4.78 is 0. The number of hydrogen-bond acceptors (Lipinski definition) is 6. The van der Waals surface area contributed by atoms with Gasteiger partial charge in [-0.3, -0.25) is 20.2 Å². The average molecular weight is 214 g/mol. The smallest absolute Gasteiger partial charge is 0.133 e. The minimum Gasteiger partial charge on any atom is -0.265 e. The summed E-state index contributed by atoms with van der Waals surface area (Å²) in [7, 11) is 0. The molecule has 0 saturated carbocycles. The molecule has 2 N–H and O–H groups in total. The minimum absolute atomic E-state index is 0.616. The maximum Gasteiger partial charge on any atom is 0.133 e. The molecule has 0 aromatic carbocycles. The summed E-state index contributed by atoms with van der Waals surface area (Å²) >= 11 is 0. The van der Waals surface area contributed by atoms with Gasteiger partial charge in [0.05, 0.1) is 12.4 Å². The summed E-state index contributed by atoms with van der Waals surface area (Å²) in [6.07, 6.45) is 6.47. The zero-order chi connectivity index (χ0) is 10.8. The SMILES string of the molecule is c1cnc(-c2c[nH]nn2)c(-c2c[nH]nn2)n1. The van der Waals surface area contributed by atoms with Gasteiger partial charge in [0.25, 0.3) is 0 Å². The lowest BCUT2D eigenvalue weighted by molar-refractivity contribution is 0.937. The third-order valence-corrected chi connectivity index (χ3v) is 2.02. The van der Waals surface area contributed by atoms with E-state index >= 15 is 0 Å². The number of nitrogens with zero attached hydrogens (tertiary/aromatic N) is 6. The van der Waals surface area contributed by atoms with Gasteiger partial charge in [-0.1, -0.05) is 10.4 Å². The molecule has 0 atom stereocenters. The van der Waals surface area contributed by atoms with Crippen LogP contribution in [-0.2, 0) is 0 Å². The van der Waals surface area contributed by atoms with Crippen molar-refractivity contribution >= 4 is 0 Å². The van der Waals surface area contributed by atoms with Crippen molar-refractivity contribution in [1.29, 1.82) is 0 Å². The van der Waals surface area contributed by atoms with E-state index in [0.29, 0.717) is 22.8 Å². The number of aromatic nitrogens is 8. The monoisotopic (exact) mass is 214 g/mol. The van der Waals surface area contributed by atoms with Crippen molar-refractivity contribution in [2.75, 3.05) is 0 Å². The summed E-state index contributed by atoms with van der Waals surface area (Å²) in [5.74, 6) is 0. The molecule has 8 heteroatoms. The normalized spacial score (nSPS) is 10.5. The zero-order valence-electron chi connectivity index (χ0n) is 7.99. The number of H-pyrrole nitrogens is 2. The van der Waals surface area contributed by atoms with Crippen LogP contribution in [0.1, 0.15) is 0 Å². The maximum absolute atomic E-state index is 4.21. The Morgan fingerprint density at radius 2 is 1.25 bits per heavy atom. The molecule has 0 aliphatic rings. The second kappa shape index (κ2) is 3.50. The molecule has 3 aromatic rings. The highest BCUT2D eigenvalue weighted by Gasteiger charge is 2.13. The third kappa shape index (κ3) is 1.32. The van der Waals surface area contributed by atoms with Gasteiger partial charge >= 0.3 is 0 Å². The fraction of sp³-hybridized carbons (Fsp3) is 0. The topological polar surface area (TPSA) is 109 Å². The number of aromatic amines is 2. The van der Waals surface area contributed by atoms with Gasteiger partial charge in [0.15, 0.2) is 0 Å². The van der Waals surface area contributed by atoms with Crippen molar-refractivity contribution in [3.8, 4) is 22.8 Å². The summed E-state index contributed by atoms with van der Waals surface area (Å²) in [5, 5.41) is 20.3.